The van der Waals surface area contributed by atoms with Crippen molar-refractivity contribution >= 4 is 75.1 Å². The molecule has 0 unspecified atom stereocenters. The van der Waals surface area contributed by atoms with Gasteiger partial charge in [0.05, 0.1) is 26.8 Å². The molecule has 0 amide bonds. The van der Waals surface area contributed by atoms with Crippen LogP contribution < -0.4 is 0 Å². The van der Waals surface area contributed by atoms with Gasteiger partial charge < -0.3 is 9.13 Å². The summed E-state index contributed by atoms with van der Waals surface area (Å²) in [7, 11) is 0. The smallest absolute Gasteiger partial charge is 0.0741 e. The maximum Gasteiger partial charge on any atom is 0.0741 e. The van der Waals surface area contributed by atoms with E-state index in [2.05, 4.69) is 169 Å². The SMILES string of the molecule is CC1(C)c2ccccc2-c2ccc(-n3c4ccccc4c4c3c3sc5ccccc5c3c3c5ccccc5n(-c5ccccc5)c34)cc21. The molecule has 1 aliphatic carbocycles. The Bertz CT molecular complexity index is 2970. The number of aromatic nitrogens is 2. The first-order chi connectivity index (χ1) is 23.6. The third-order valence-electron chi connectivity index (χ3n) is 10.9. The van der Waals surface area contributed by atoms with Crippen LogP contribution in [0.3, 0.4) is 0 Å². The highest BCUT2D eigenvalue weighted by atomic mass is 32.1. The first-order valence-electron chi connectivity index (χ1n) is 16.7. The summed E-state index contributed by atoms with van der Waals surface area (Å²) in [5.74, 6) is 0. The molecule has 0 spiro atoms. The Morgan fingerprint density at radius 2 is 1.06 bits per heavy atom. The van der Waals surface area contributed by atoms with Crippen molar-refractivity contribution in [2.24, 2.45) is 0 Å². The molecule has 48 heavy (non-hydrogen) atoms. The van der Waals surface area contributed by atoms with Gasteiger partial charge in [0.1, 0.15) is 0 Å². The third kappa shape index (κ3) is 3.22. The number of fused-ring (bicyclic) bond motifs is 15. The molecule has 10 aromatic rings. The average Bonchev–Trinajstić information content (AvgIpc) is 3.84. The number of benzene rings is 7. The van der Waals surface area contributed by atoms with Crippen molar-refractivity contribution < 1.29 is 0 Å². The second-order valence-electron chi connectivity index (χ2n) is 13.7. The van der Waals surface area contributed by atoms with E-state index in [0.717, 1.165) is 0 Å². The number of nitrogens with zero attached hydrogens (tertiary/aromatic N) is 2. The molecule has 226 valence electrons. The van der Waals surface area contributed by atoms with Crippen molar-refractivity contribution in [1.82, 2.24) is 9.13 Å². The van der Waals surface area contributed by atoms with E-state index < -0.39 is 0 Å². The second-order valence-corrected chi connectivity index (χ2v) is 14.7. The van der Waals surface area contributed by atoms with Gasteiger partial charge in [0, 0.05) is 53.8 Å². The number of thiophene rings is 1. The van der Waals surface area contributed by atoms with Gasteiger partial charge in [0.2, 0.25) is 0 Å². The van der Waals surface area contributed by atoms with Gasteiger partial charge in [0.25, 0.3) is 0 Å². The summed E-state index contributed by atoms with van der Waals surface area (Å²) < 4.78 is 7.74. The van der Waals surface area contributed by atoms with Crippen LogP contribution in [-0.4, -0.2) is 9.13 Å². The van der Waals surface area contributed by atoms with Crippen LogP contribution in [0.2, 0.25) is 0 Å². The van der Waals surface area contributed by atoms with Crippen molar-refractivity contribution in [2.75, 3.05) is 0 Å². The fraction of sp³-hybridized carbons (Fsp3) is 0.0667. The number of hydrogen-bond acceptors (Lipinski definition) is 1. The summed E-state index contributed by atoms with van der Waals surface area (Å²) in [4.78, 5) is 0. The van der Waals surface area contributed by atoms with Crippen LogP contribution in [0.25, 0.3) is 86.3 Å². The third-order valence-corrected chi connectivity index (χ3v) is 12.1. The van der Waals surface area contributed by atoms with Crippen LogP contribution in [0.1, 0.15) is 25.0 Å². The van der Waals surface area contributed by atoms with Crippen molar-refractivity contribution in [1.29, 1.82) is 0 Å². The summed E-state index contributed by atoms with van der Waals surface area (Å²) in [6.45, 7) is 4.75. The van der Waals surface area contributed by atoms with Crippen LogP contribution in [0.5, 0.6) is 0 Å². The largest absolute Gasteiger partial charge is 0.309 e. The van der Waals surface area contributed by atoms with Crippen LogP contribution in [-0.2, 0) is 5.41 Å². The van der Waals surface area contributed by atoms with Gasteiger partial charge in [-0.1, -0.05) is 117 Å². The molecule has 0 aliphatic heterocycles. The average molecular weight is 631 g/mol. The Morgan fingerprint density at radius 3 is 1.85 bits per heavy atom. The lowest BCUT2D eigenvalue weighted by atomic mass is 9.82. The summed E-state index contributed by atoms with van der Waals surface area (Å²) in [6.07, 6.45) is 0. The van der Waals surface area contributed by atoms with Gasteiger partial charge >= 0.3 is 0 Å². The minimum absolute atomic E-state index is 0.0827. The molecule has 0 atom stereocenters. The van der Waals surface area contributed by atoms with Crippen molar-refractivity contribution in [2.45, 2.75) is 19.3 Å². The topological polar surface area (TPSA) is 9.86 Å². The molecule has 0 fully saturated rings. The monoisotopic (exact) mass is 630 g/mol. The summed E-state index contributed by atoms with van der Waals surface area (Å²) >= 11 is 1.93. The molecule has 3 heterocycles. The molecule has 0 saturated heterocycles. The van der Waals surface area contributed by atoms with Crippen molar-refractivity contribution in [3.8, 4) is 22.5 Å². The summed E-state index contributed by atoms with van der Waals surface area (Å²) in [6, 6.07) is 54.0. The molecule has 2 nitrogen and oxygen atoms in total. The van der Waals surface area contributed by atoms with E-state index in [1.54, 1.807) is 0 Å². The summed E-state index contributed by atoms with van der Waals surface area (Å²) in [5.41, 5.74) is 12.8. The predicted molar refractivity (Wildman–Crippen MR) is 206 cm³/mol. The molecule has 3 aromatic heterocycles. The minimum Gasteiger partial charge on any atom is -0.309 e. The zero-order chi connectivity index (χ0) is 31.7. The zero-order valence-electron chi connectivity index (χ0n) is 26.7. The molecule has 0 radical (unpaired) electrons. The lowest BCUT2D eigenvalue weighted by Crippen LogP contribution is -2.15. The standard InChI is InChI=1S/C45H30N2S/c1-45(2)34-20-10-6-16-29(34)30-25-24-28(26-35(30)45)47-37-22-12-8-18-32(37)41-42-39(40-33-19-9-13-23-38(33)48-44(40)43(41)47)31-17-7-11-21-36(31)46(42)27-14-4-3-5-15-27/h3-26H,1-2H3. The molecule has 0 saturated carbocycles. The highest BCUT2D eigenvalue weighted by Crippen LogP contribution is 2.53. The highest BCUT2D eigenvalue weighted by molar-refractivity contribution is 7.27. The highest BCUT2D eigenvalue weighted by Gasteiger charge is 2.36. The normalized spacial score (nSPS) is 13.8. The molecule has 0 N–H and O–H groups in total. The minimum atomic E-state index is -0.0827. The molecule has 11 rings (SSSR count). The van der Waals surface area contributed by atoms with Gasteiger partial charge in [-0.05, 0) is 64.7 Å². The van der Waals surface area contributed by atoms with Gasteiger partial charge in [-0.2, -0.15) is 0 Å². The maximum atomic E-state index is 2.56. The fourth-order valence-electron chi connectivity index (χ4n) is 8.83. The first-order valence-corrected chi connectivity index (χ1v) is 17.5. The van der Waals surface area contributed by atoms with E-state index in [9.17, 15) is 0 Å². The Labute approximate surface area is 281 Å². The van der Waals surface area contributed by atoms with E-state index in [-0.39, 0.29) is 5.41 Å². The maximum absolute atomic E-state index is 2.56. The second kappa shape index (κ2) is 9.25. The van der Waals surface area contributed by atoms with E-state index >= 15 is 0 Å². The van der Waals surface area contributed by atoms with Crippen molar-refractivity contribution in [3.05, 3.63) is 157 Å². The number of hydrogen-bond donors (Lipinski definition) is 0. The Hall–Kier alpha value is -5.64. The molecular weight excluding hydrogens is 601 g/mol. The first kappa shape index (κ1) is 26.4. The lowest BCUT2D eigenvalue weighted by molar-refractivity contribution is 0.660. The van der Waals surface area contributed by atoms with E-state index in [1.807, 2.05) is 11.3 Å². The molecular formula is C45H30N2S. The zero-order valence-corrected chi connectivity index (χ0v) is 27.5. The summed E-state index contributed by atoms with van der Waals surface area (Å²) in [5, 5.41) is 7.89. The van der Waals surface area contributed by atoms with Crippen LogP contribution in [0, 0.1) is 0 Å². The van der Waals surface area contributed by atoms with Crippen molar-refractivity contribution in [3.63, 3.8) is 0 Å². The number of rotatable bonds is 2. The Morgan fingerprint density at radius 1 is 0.458 bits per heavy atom. The van der Waals surface area contributed by atoms with Crippen LogP contribution >= 0.6 is 11.3 Å². The van der Waals surface area contributed by atoms with Gasteiger partial charge in [-0.25, -0.2) is 0 Å². The van der Waals surface area contributed by atoms with Gasteiger partial charge in [-0.15, -0.1) is 11.3 Å². The molecule has 1 aliphatic rings. The van der Waals surface area contributed by atoms with Crippen LogP contribution in [0.15, 0.2) is 146 Å². The molecule has 7 aromatic carbocycles. The Balaban J connectivity index is 1.40. The fourth-order valence-corrected chi connectivity index (χ4v) is 10.1. The van der Waals surface area contributed by atoms with Crippen LogP contribution in [0.4, 0.5) is 0 Å². The quantitative estimate of drug-likeness (QED) is 0.180. The predicted octanol–water partition coefficient (Wildman–Crippen LogP) is 12.6. The van der Waals surface area contributed by atoms with Gasteiger partial charge in [-0.3, -0.25) is 0 Å². The van der Waals surface area contributed by atoms with E-state index in [1.165, 1.54) is 97.4 Å². The molecule has 3 heteroatoms. The Kier molecular flexibility index (Phi) is 5.09. The molecule has 0 bridgehead atoms. The van der Waals surface area contributed by atoms with E-state index in [0.29, 0.717) is 0 Å². The van der Waals surface area contributed by atoms with Gasteiger partial charge in [0.15, 0.2) is 0 Å². The van der Waals surface area contributed by atoms with E-state index in [4.69, 9.17) is 0 Å². The number of para-hydroxylation sites is 3. The lowest BCUT2D eigenvalue weighted by Gasteiger charge is -2.22.